The molecule has 0 fully saturated rings. The minimum atomic E-state index is 0.119. The van der Waals surface area contributed by atoms with E-state index in [0.29, 0.717) is 18.8 Å². The molecule has 3 nitrogen and oxygen atoms in total. The van der Waals surface area contributed by atoms with Gasteiger partial charge in [0, 0.05) is 19.4 Å². The monoisotopic (exact) mass is 169 g/mol. The number of hydrogen-bond acceptors (Lipinski definition) is 3. The van der Waals surface area contributed by atoms with E-state index in [4.69, 9.17) is 4.74 Å². The zero-order valence-corrected chi connectivity index (χ0v) is 7.43. The van der Waals surface area contributed by atoms with E-state index < -0.39 is 0 Å². The summed E-state index contributed by atoms with van der Waals surface area (Å²) in [7, 11) is 0. The third-order valence-corrected chi connectivity index (χ3v) is 1.76. The number of allylic oxidation sites excluding steroid dienone is 1. The second-order valence-corrected chi connectivity index (χ2v) is 2.73. The molecule has 12 heavy (non-hydrogen) atoms. The quantitative estimate of drug-likeness (QED) is 0.620. The molecular formula is C9H15NO2. The van der Waals surface area contributed by atoms with Gasteiger partial charge in [-0.15, -0.1) is 0 Å². The molecule has 0 spiro atoms. The van der Waals surface area contributed by atoms with Gasteiger partial charge in [0.05, 0.1) is 6.61 Å². The normalized spacial score (nSPS) is 15.6. The van der Waals surface area contributed by atoms with Crippen LogP contribution in [0.15, 0.2) is 11.8 Å². The topological polar surface area (TPSA) is 38.3 Å². The largest absolute Gasteiger partial charge is 0.490 e. The van der Waals surface area contributed by atoms with Gasteiger partial charge in [-0.2, -0.15) is 0 Å². The average molecular weight is 169 g/mol. The van der Waals surface area contributed by atoms with Gasteiger partial charge in [0.15, 0.2) is 11.5 Å². The molecule has 0 atom stereocenters. The Morgan fingerprint density at radius 1 is 1.75 bits per heavy atom. The molecule has 0 bridgehead atoms. The summed E-state index contributed by atoms with van der Waals surface area (Å²) >= 11 is 0. The third-order valence-electron chi connectivity index (χ3n) is 1.76. The van der Waals surface area contributed by atoms with Crippen LogP contribution in [-0.2, 0) is 9.53 Å². The van der Waals surface area contributed by atoms with Crippen molar-refractivity contribution in [2.45, 2.75) is 19.8 Å². The maximum Gasteiger partial charge on any atom is 0.198 e. The summed E-state index contributed by atoms with van der Waals surface area (Å²) in [5, 5.41) is 3.10. The van der Waals surface area contributed by atoms with Crippen LogP contribution in [0.2, 0.25) is 0 Å². The van der Waals surface area contributed by atoms with Crippen molar-refractivity contribution in [2.24, 2.45) is 0 Å². The minimum Gasteiger partial charge on any atom is -0.490 e. The number of Topliss-reactive ketones (excluding diaryl/α,β-unsaturated/α-hetero) is 1. The SMILES string of the molecule is CCNCCC(=O)C1=CCCO1. The molecule has 0 unspecified atom stereocenters. The van der Waals surface area contributed by atoms with E-state index in [0.717, 1.165) is 19.5 Å². The Bertz CT molecular complexity index is 187. The Balaban J connectivity index is 2.19. The van der Waals surface area contributed by atoms with Crippen LogP contribution in [0, 0.1) is 0 Å². The van der Waals surface area contributed by atoms with Crippen molar-refractivity contribution in [1.82, 2.24) is 5.32 Å². The van der Waals surface area contributed by atoms with E-state index in [2.05, 4.69) is 5.32 Å². The Kier molecular flexibility index (Phi) is 3.80. The van der Waals surface area contributed by atoms with Gasteiger partial charge in [-0.05, 0) is 12.6 Å². The van der Waals surface area contributed by atoms with Gasteiger partial charge in [0.25, 0.3) is 0 Å². The fourth-order valence-electron chi connectivity index (χ4n) is 1.11. The highest BCUT2D eigenvalue weighted by molar-refractivity contribution is 5.93. The van der Waals surface area contributed by atoms with Gasteiger partial charge >= 0.3 is 0 Å². The molecular weight excluding hydrogens is 154 g/mol. The molecule has 1 rings (SSSR count). The Morgan fingerprint density at radius 2 is 2.58 bits per heavy atom. The van der Waals surface area contributed by atoms with Crippen molar-refractivity contribution < 1.29 is 9.53 Å². The lowest BCUT2D eigenvalue weighted by atomic mass is 10.2. The zero-order chi connectivity index (χ0) is 8.81. The number of nitrogens with one attached hydrogen (secondary N) is 1. The first-order chi connectivity index (χ1) is 5.84. The van der Waals surface area contributed by atoms with Crippen molar-refractivity contribution in [3.8, 4) is 0 Å². The molecule has 0 aliphatic carbocycles. The van der Waals surface area contributed by atoms with E-state index in [9.17, 15) is 4.79 Å². The third kappa shape index (κ3) is 2.66. The van der Waals surface area contributed by atoms with E-state index in [-0.39, 0.29) is 5.78 Å². The number of hydrogen-bond donors (Lipinski definition) is 1. The molecule has 0 aromatic rings. The van der Waals surface area contributed by atoms with E-state index in [1.54, 1.807) is 0 Å². The Labute approximate surface area is 72.8 Å². The van der Waals surface area contributed by atoms with Gasteiger partial charge in [0.2, 0.25) is 0 Å². The summed E-state index contributed by atoms with van der Waals surface area (Å²) in [6, 6.07) is 0. The predicted molar refractivity (Wildman–Crippen MR) is 46.8 cm³/mol. The number of carbonyl (C=O) groups is 1. The van der Waals surface area contributed by atoms with E-state index >= 15 is 0 Å². The standard InChI is InChI=1S/C9H15NO2/c1-2-10-6-5-8(11)9-4-3-7-12-9/h4,10H,2-3,5-7H2,1H3. The first-order valence-corrected chi connectivity index (χ1v) is 4.41. The van der Waals surface area contributed by atoms with Crippen LogP contribution in [-0.4, -0.2) is 25.5 Å². The summed E-state index contributed by atoms with van der Waals surface area (Å²) in [4.78, 5) is 11.3. The zero-order valence-electron chi connectivity index (χ0n) is 7.43. The van der Waals surface area contributed by atoms with E-state index in [1.807, 2.05) is 13.0 Å². The second-order valence-electron chi connectivity index (χ2n) is 2.73. The smallest absolute Gasteiger partial charge is 0.198 e. The predicted octanol–water partition coefficient (Wildman–Crippen LogP) is 0.859. The molecule has 0 aromatic heterocycles. The molecule has 0 saturated carbocycles. The van der Waals surface area contributed by atoms with Crippen LogP contribution < -0.4 is 5.32 Å². The molecule has 0 aromatic carbocycles. The van der Waals surface area contributed by atoms with Gasteiger partial charge in [-0.25, -0.2) is 0 Å². The molecule has 68 valence electrons. The summed E-state index contributed by atoms with van der Waals surface area (Å²) in [5.41, 5.74) is 0. The van der Waals surface area contributed by atoms with Crippen molar-refractivity contribution in [2.75, 3.05) is 19.7 Å². The van der Waals surface area contributed by atoms with Crippen LogP contribution in [0.1, 0.15) is 19.8 Å². The molecule has 1 heterocycles. The fraction of sp³-hybridized carbons (Fsp3) is 0.667. The molecule has 1 aliphatic rings. The maximum atomic E-state index is 11.3. The molecule has 1 N–H and O–H groups in total. The first kappa shape index (κ1) is 9.26. The highest BCUT2D eigenvalue weighted by atomic mass is 16.5. The Hall–Kier alpha value is -0.830. The molecule has 0 amide bonds. The minimum absolute atomic E-state index is 0.119. The number of carbonyl (C=O) groups excluding carboxylic acids is 1. The van der Waals surface area contributed by atoms with Gasteiger partial charge in [-0.1, -0.05) is 6.92 Å². The highest BCUT2D eigenvalue weighted by Gasteiger charge is 2.13. The van der Waals surface area contributed by atoms with Gasteiger partial charge in [0.1, 0.15) is 0 Å². The molecule has 1 aliphatic heterocycles. The summed E-state index contributed by atoms with van der Waals surface area (Å²) < 4.78 is 5.13. The number of rotatable bonds is 5. The van der Waals surface area contributed by atoms with Crippen molar-refractivity contribution in [3.05, 3.63) is 11.8 Å². The average Bonchev–Trinajstić information content (AvgIpc) is 2.56. The summed E-state index contributed by atoms with van der Waals surface area (Å²) in [6.07, 6.45) is 3.29. The van der Waals surface area contributed by atoms with Crippen LogP contribution in [0.4, 0.5) is 0 Å². The molecule has 3 heteroatoms. The fourth-order valence-corrected chi connectivity index (χ4v) is 1.11. The van der Waals surface area contributed by atoms with Crippen LogP contribution in [0.5, 0.6) is 0 Å². The van der Waals surface area contributed by atoms with Crippen molar-refractivity contribution >= 4 is 5.78 Å². The van der Waals surface area contributed by atoms with Crippen LogP contribution in [0.25, 0.3) is 0 Å². The number of ether oxygens (including phenoxy) is 1. The van der Waals surface area contributed by atoms with Crippen LogP contribution in [0.3, 0.4) is 0 Å². The first-order valence-electron chi connectivity index (χ1n) is 4.41. The lowest BCUT2D eigenvalue weighted by Crippen LogP contribution is -2.18. The van der Waals surface area contributed by atoms with Crippen LogP contribution >= 0.6 is 0 Å². The Morgan fingerprint density at radius 3 is 3.17 bits per heavy atom. The van der Waals surface area contributed by atoms with Crippen molar-refractivity contribution in [1.29, 1.82) is 0 Å². The van der Waals surface area contributed by atoms with E-state index in [1.165, 1.54) is 0 Å². The lowest BCUT2D eigenvalue weighted by molar-refractivity contribution is -0.118. The summed E-state index contributed by atoms with van der Waals surface area (Å²) in [5.74, 6) is 0.682. The highest BCUT2D eigenvalue weighted by Crippen LogP contribution is 2.10. The molecule has 0 radical (unpaired) electrons. The lowest BCUT2D eigenvalue weighted by Gasteiger charge is -2.02. The maximum absolute atomic E-state index is 11.3. The summed E-state index contributed by atoms with van der Waals surface area (Å²) in [6.45, 7) is 4.35. The second kappa shape index (κ2) is 4.93. The van der Waals surface area contributed by atoms with Crippen molar-refractivity contribution in [3.63, 3.8) is 0 Å². The van der Waals surface area contributed by atoms with Gasteiger partial charge < -0.3 is 10.1 Å². The van der Waals surface area contributed by atoms with Gasteiger partial charge in [-0.3, -0.25) is 4.79 Å². The number of ketones is 1. The molecule has 0 saturated heterocycles.